The predicted molar refractivity (Wildman–Crippen MR) is 129 cm³/mol. The Hall–Kier alpha value is -2.62. The lowest BCUT2D eigenvalue weighted by molar-refractivity contribution is -0.115. The fourth-order valence-electron chi connectivity index (χ4n) is 3.45. The van der Waals surface area contributed by atoms with E-state index in [1.54, 1.807) is 22.9 Å². The fraction of sp³-hybridized carbons (Fsp3) is 0.273. The molecule has 0 aliphatic heterocycles. The minimum Gasteiger partial charge on any atom is -0.461 e. The minimum absolute atomic E-state index is 0.138. The van der Waals surface area contributed by atoms with Crippen molar-refractivity contribution in [2.75, 3.05) is 4.90 Å². The van der Waals surface area contributed by atoms with Gasteiger partial charge in [-0.1, -0.05) is 29.4 Å². The van der Waals surface area contributed by atoms with E-state index in [-0.39, 0.29) is 5.91 Å². The van der Waals surface area contributed by atoms with E-state index in [2.05, 4.69) is 10.2 Å². The molecule has 0 fully saturated rings. The van der Waals surface area contributed by atoms with Crippen molar-refractivity contribution in [3.63, 3.8) is 0 Å². The van der Waals surface area contributed by atoms with Crippen molar-refractivity contribution in [3.05, 3.63) is 57.8 Å². The van der Waals surface area contributed by atoms with E-state index >= 15 is 0 Å². The molecular formula is C22H22ClN5O2S2. The van der Waals surface area contributed by atoms with Crippen LogP contribution in [0, 0.1) is 13.8 Å². The van der Waals surface area contributed by atoms with Crippen LogP contribution in [0.5, 0.6) is 0 Å². The fourth-order valence-corrected chi connectivity index (χ4v) is 5.73. The summed E-state index contributed by atoms with van der Waals surface area (Å²) in [5, 5.41) is 12.5. The monoisotopic (exact) mass is 487 g/mol. The molecule has 7 nitrogen and oxygen atoms in total. The molecule has 10 heteroatoms. The van der Waals surface area contributed by atoms with E-state index in [1.807, 2.05) is 55.0 Å². The molecule has 1 aromatic carbocycles. The maximum Gasteiger partial charge on any atom is 0.230 e. The first kappa shape index (κ1) is 22.6. The zero-order chi connectivity index (χ0) is 22.8. The van der Waals surface area contributed by atoms with Crippen molar-refractivity contribution in [1.29, 1.82) is 0 Å². The smallest absolute Gasteiger partial charge is 0.230 e. The van der Waals surface area contributed by atoms with Crippen LogP contribution in [0.15, 0.2) is 45.5 Å². The second-order valence-electron chi connectivity index (χ2n) is 7.20. The van der Waals surface area contributed by atoms with Gasteiger partial charge in [0.05, 0.1) is 22.7 Å². The van der Waals surface area contributed by atoms with Crippen LogP contribution >= 0.6 is 34.7 Å². The molecule has 0 radical (unpaired) electrons. The number of benzene rings is 1. The quantitative estimate of drug-likeness (QED) is 0.286. The molecule has 1 amide bonds. The maximum atomic E-state index is 12.5. The first-order chi connectivity index (χ1) is 15.4. The summed E-state index contributed by atoms with van der Waals surface area (Å²) in [5.41, 5.74) is 3.50. The maximum absolute atomic E-state index is 12.5. The highest BCUT2D eigenvalue weighted by molar-refractivity contribution is 7.98. The Labute approximate surface area is 199 Å². The van der Waals surface area contributed by atoms with Crippen molar-refractivity contribution in [1.82, 2.24) is 19.7 Å². The molecule has 32 heavy (non-hydrogen) atoms. The molecule has 4 rings (SSSR count). The number of rotatable bonds is 7. The molecule has 0 unspecified atom stereocenters. The topological polar surface area (TPSA) is 77.1 Å². The Morgan fingerprint density at radius 2 is 2.12 bits per heavy atom. The van der Waals surface area contributed by atoms with Crippen molar-refractivity contribution in [2.45, 2.75) is 45.1 Å². The van der Waals surface area contributed by atoms with E-state index in [0.717, 1.165) is 28.5 Å². The summed E-state index contributed by atoms with van der Waals surface area (Å²) in [6, 6.07) is 7.57. The SMILES string of the molecule is CCn1c(SCc2csc(N(C(C)=O)c3c(C)cc(C)cc3Cl)n2)nnc1-c1ccco1. The number of furan rings is 1. The van der Waals surface area contributed by atoms with Crippen LogP contribution < -0.4 is 4.90 Å². The van der Waals surface area contributed by atoms with E-state index in [1.165, 1.54) is 18.3 Å². The number of thioether (sulfide) groups is 1. The summed E-state index contributed by atoms with van der Waals surface area (Å²) in [6.45, 7) is 8.20. The van der Waals surface area contributed by atoms with Gasteiger partial charge in [0.15, 0.2) is 21.9 Å². The van der Waals surface area contributed by atoms with Gasteiger partial charge in [0.1, 0.15) is 0 Å². The number of hydrogen-bond acceptors (Lipinski definition) is 7. The first-order valence-corrected chi connectivity index (χ1v) is 12.2. The van der Waals surface area contributed by atoms with Crippen LogP contribution in [-0.4, -0.2) is 25.7 Å². The van der Waals surface area contributed by atoms with Gasteiger partial charge in [-0.2, -0.15) is 0 Å². The number of thiazole rings is 1. The molecule has 166 valence electrons. The molecule has 0 aliphatic rings. The lowest BCUT2D eigenvalue weighted by Crippen LogP contribution is -2.24. The van der Waals surface area contributed by atoms with Crippen molar-refractivity contribution in [2.24, 2.45) is 0 Å². The number of hydrogen-bond donors (Lipinski definition) is 0. The zero-order valence-electron chi connectivity index (χ0n) is 18.1. The third-order valence-electron chi connectivity index (χ3n) is 4.79. The largest absolute Gasteiger partial charge is 0.461 e. The van der Waals surface area contributed by atoms with Gasteiger partial charge in [-0.15, -0.1) is 21.5 Å². The summed E-state index contributed by atoms with van der Waals surface area (Å²) in [7, 11) is 0. The molecule has 0 atom stereocenters. The Balaban J connectivity index is 1.56. The zero-order valence-corrected chi connectivity index (χ0v) is 20.5. The van der Waals surface area contributed by atoms with Gasteiger partial charge in [-0.3, -0.25) is 14.3 Å². The molecule has 0 spiro atoms. The molecule has 4 aromatic rings. The molecule has 0 aliphatic carbocycles. The molecule has 0 N–H and O–H groups in total. The molecule has 0 saturated heterocycles. The van der Waals surface area contributed by atoms with Gasteiger partial charge in [0, 0.05) is 24.6 Å². The van der Waals surface area contributed by atoms with E-state index < -0.39 is 0 Å². The van der Waals surface area contributed by atoms with E-state index in [9.17, 15) is 4.79 Å². The summed E-state index contributed by atoms with van der Waals surface area (Å²) in [6.07, 6.45) is 1.62. The molecule has 3 heterocycles. The van der Waals surface area contributed by atoms with Crippen LogP contribution in [0.3, 0.4) is 0 Å². The summed E-state index contributed by atoms with van der Waals surface area (Å²) >= 11 is 9.46. The third-order valence-corrected chi connectivity index (χ3v) is 6.95. The first-order valence-electron chi connectivity index (χ1n) is 10.0. The second-order valence-corrected chi connectivity index (χ2v) is 9.39. The number of carbonyl (C=O) groups is 1. The van der Waals surface area contributed by atoms with Gasteiger partial charge in [-0.25, -0.2) is 4.98 Å². The van der Waals surface area contributed by atoms with Crippen molar-refractivity contribution in [3.8, 4) is 11.6 Å². The van der Waals surface area contributed by atoms with Gasteiger partial charge in [0.25, 0.3) is 0 Å². The van der Waals surface area contributed by atoms with Crippen LogP contribution in [0.1, 0.15) is 30.7 Å². The Morgan fingerprint density at radius 3 is 2.78 bits per heavy atom. The predicted octanol–water partition coefficient (Wildman–Crippen LogP) is 6.26. The molecule has 0 bridgehead atoms. The van der Waals surface area contributed by atoms with Gasteiger partial charge >= 0.3 is 0 Å². The van der Waals surface area contributed by atoms with Crippen molar-refractivity contribution < 1.29 is 9.21 Å². The van der Waals surface area contributed by atoms with E-state index in [0.29, 0.717) is 33.2 Å². The lowest BCUT2D eigenvalue weighted by atomic mass is 10.1. The number of aryl methyl sites for hydroxylation is 2. The summed E-state index contributed by atoms with van der Waals surface area (Å²) in [4.78, 5) is 18.8. The van der Waals surface area contributed by atoms with Crippen LogP contribution in [0.25, 0.3) is 11.6 Å². The van der Waals surface area contributed by atoms with Crippen LogP contribution in [0.4, 0.5) is 10.8 Å². The number of carbonyl (C=O) groups excluding carboxylic acids is 1. The van der Waals surface area contributed by atoms with Gasteiger partial charge in [0.2, 0.25) is 5.91 Å². The van der Waals surface area contributed by atoms with Crippen LogP contribution in [0.2, 0.25) is 5.02 Å². The summed E-state index contributed by atoms with van der Waals surface area (Å²) in [5.74, 6) is 1.84. The number of anilines is 2. The molecule has 0 saturated carbocycles. The highest BCUT2D eigenvalue weighted by Gasteiger charge is 2.23. The third kappa shape index (κ3) is 4.46. The summed E-state index contributed by atoms with van der Waals surface area (Å²) < 4.78 is 7.48. The Bertz CT molecular complexity index is 1230. The van der Waals surface area contributed by atoms with Crippen LogP contribution in [-0.2, 0) is 17.1 Å². The number of amides is 1. The number of nitrogens with zero attached hydrogens (tertiary/aromatic N) is 5. The van der Waals surface area contributed by atoms with Gasteiger partial charge in [-0.05, 0) is 50.1 Å². The number of halogens is 1. The normalized spacial score (nSPS) is 11.2. The average Bonchev–Trinajstić information content (AvgIpc) is 3.48. The average molecular weight is 488 g/mol. The van der Waals surface area contributed by atoms with E-state index in [4.69, 9.17) is 21.0 Å². The highest BCUT2D eigenvalue weighted by atomic mass is 35.5. The minimum atomic E-state index is -0.138. The second kappa shape index (κ2) is 9.48. The molecule has 3 aromatic heterocycles. The Morgan fingerprint density at radius 1 is 1.31 bits per heavy atom. The van der Waals surface area contributed by atoms with Crippen molar-refractivity contribution >= 4 is 51.4 Å². The standard InChI is InChI=1S/C22H22ClN5O2S2/c1-5-27-20(18-7-6-8-30-18)25-26-22(27)32-12-16-11-31-21(24-16)28(15(4)29)19-14(3)9-13(2)10-17(19)23/h6-11H,5,12H2,1-4H3. The highest BCUT2D eigenvalue weighted by Crippen LogP contribution is 2.38. The number of aromatic nitrogens is 4. The molecular weight excluding hydrogens is 466 g/mol. The Kier molecular flexibility index (Phi) is 6.68. The lowest BCUT2D eigenvalue weighted by Gasteiger charge is -2.22. The van der Waals surface area contributed by atoms with Gasteiger partial charge < -0.3 is 4.42 Å².